The third-order valence-corrected chi connectivity index (χ3v) is 5.30. The summed E-state index contributed by atoms with van der Waals surface area (Å²) in [6.07, 6.45) is -1.03. The second-order valence-electron chi connectivity index (χ2n) is 6.77. The third kappa shape index (κ3) is 6.21. The number of hydrogen-bond donors (Lipinski definition) is 2. The second kappa shape index (κ2) is 10.1. The molecule has 1 amide bonds. The molecule has 30 heavy (non-hydrogen) atoms. The van der Waals surface area contributed by atoms with Gasteiger partial charge in [0.1, 0.15) is 5.75 Å². The molecule has 1 atom stereocenters. The van der Waals surface area contributed by atoms with Crippen molar-refractivity contribution in [2.75, 3.05) is 11.3 Å². The van der Waals surface area contributed by atoms with E-state index in [9.17, 15) is 18.0 Å². The van der Waals surface area contributed by atoms with Gasteiger partial charge in [-0.1, -0.05) is 12.1 Å². The van der Waals surface area contributed by atoms with Crippen molar-refractivity contribution >= 4 is 27.6 Å². The summed E-state index contributed by atoms with van der Waals surface area (Å²) in [5.74, 6) is -0.703. The Hall–Kier alpha value is -3.07. The van der Waals surface area contributed by atoms with E-state index in [4.69, 9.17) is 9.47 Å². The monoisotopic (exact) mass is 434 g/mol. The number of rotatable bonds is 9. The molecule has 1 unspecified atom stereocenters. The Morgan fingerprint density at radius 2 is 1.63 bits per heavy atom. The van der Waals surface area contributed by atoms with Crippen LogP contribution in [0.3, 0.4) is 0 Å². The smallest absolute Gasteiger partial charge is 0.341 e. The normalized spacial score (nSPS) is 12.2. The van der Waals surface area contributed by atoms with E-state index in [0.717, 1.165) is 0 Å². The topological polar surface area (TPSA) is 111 Å². The summed E-state index contributed by atoms with van der Waals surface area (Å²) in [6, 6.07) is 11.8. The first kappa shape index (κ1) is 23.2. The van der Waals surface area contributed by atoms with Crippen molar-refractivity contribution in [1.82, 2.24) is 5.32 Å². The molecule has 2 aromatic rings. The van der Waals surface area contributed by atoms with Gasteiger partial charge in [-0.05, 0) is 64.1 Å². The van der Waals surface area contributed by atoms with Gasteiger partial charge in [0.05, 0.1) is 22.8 Å². The van der Waals surface area contributed by atoms with Crippen molar-refractivity contribution in [3.05, 3.63) is 54.1 Å². The molecule has 0 aromatic heterocycles. The maximum Gasteiger partial charge on any atom is 0.341 e. The van der Waals surface area contributed by atoms with Crippen LogP contribution in [0.25, 0.3) is 0 Å². The summed E-state index contributed by atoms with van der Waals surface area (Å²) in [5, 5.41) is 2.65. The first-order chi connectivity index (χ1) is 14.1. The average molecular weight is 435 g/mol. The van der Waals surface area contributed by atoms with Crippen molar-refractivity contribution < 1.29 is 27.5 Å². The minimum Gasteiger partial charge on any atom is -0.494 e. The predicted octanol–water partition coefficient (Wildman–Crippen LogP) is 2.96. The van der Waals surface area contributed by atoms with Gasteiger partial charge in [0.15, 0.2) is 6.10 Å². The number of esters is 1. The molecule has 0 fully saturated rings. The number of sulfonamides is 1. The number of ether oxygens (including phenoxy) is 2. The van der Waals surface area contributed by atoms with Crippen molar-refractivity contribution in [3.8, 4) is 5.75 Å². The van der Waals surface area contributed by atoms with Crippen molar-refractivity contribution in [3.63, 3.8) is 0 Å². The number of para-hydroxylation sites is 1. The summed E-state index contributed by atoms with van der Waals surface area (Å²) < 4.78 is 38.4. The molecule has 2 rings (SSSR count). The molecule has 0 bridgehead atoms. The third-order valence-electron chi connectivity index (χ3n) is 3.92. The second-order valence-corrected chi connectivity index (χ2v) is 8.45. The maximum absolute atomic E-state index is 12.7. The van der Waals surface area contributed by atoms with Crippen LogP contribution in [0.15, 0.2) is 53.4 Å². The van der Waals surface area contributed by atoms with Crippen molar-refractivity contribution in [2.45, 2.75) is 44.7 Å². The molecule has 162 valence electrons. The lowest BCUT2D eigenvalue weighted by molar-refractivity contribution is -0.129. The maximum atomic E-state index is 12.7. The number of anilines is 1. The molecular weight excluding hydrogens is 408 g/mol. The van der Waals surface area contributed by atoms with Crippen LogP contribution in [0, 0.1) is 0 Å². The van der Waals surface area contributed by atoms with E-state index in [1.165, 1.54) is 31.2 Å². The number of nitrogens with one attached hydrogen (secondary N) is 2. The molecule has 0 aliphatic rings. The summed E-state index contributed by atoms with van der Waals surface area (Å²) in [5.41, 5.74) is 0.0454. The molecule has 0 aliphatic carbocycles. The minimum atomic E-state index is -3.95. The van der Waals surface area contributed by atoms with Crippen molar-refractivity contribution in [2.24, 2.45) is 0 Å². The van der Waals surface area contributed by atoms with Crippen LogP contribution < -0.4 is 14.8 Å². The summed E-state index contributed by atoms with van der Waals surface area (Å²) in [6.45, 7) is 7.32. The van der Waals surface area contributed by atoms with Crippen molar-refractivity contribution in [1.29, 1.82) is 0 Å². The van der Waals surface area contributed by atoms with Gasteiger partial charge in [0.25, 0.3) is 15.9 Å². The first-order valence-corrected chi connectivity index (χ1v) is 11.0. The van der Waals surface area contributed by atoms with Crippen LogP contribution >= 0.6 is 0 Å². The van der Waals surface area contributed by atoms with Crippen LogP contribution in [-0.4, -0.2) is 39.0 Å². The van der Waals surface area contributed by atoms with Gasteiger partial charge in [-0.3, -0.25) is 9.52 Å². The zero-order valence-electron chi connectivity index (χ0n) is 17.3. The molecule has 0 saturated heterocycles. The lowest BCUT2D eigenvalue weighted by atomic mass is 10.2. The van der Waals surface area contributed by atoms with E-state index in [1.54, 1.807) is 38.1 Å². The van der Waals surface area contributed by atoms with Gasteiger partial charge >= 0.3 is 5.97 Å². The Bertz CT molecular complexity index is 987. The van der Waals surface area contributed by atoms with E-state index in [-0.39, 0.29) is 22.2 Å². The van der Waals surface area contributed by atoms with Gasteiger partial charge in [-0.25, -0.2) is 13.2 Å². The molecule has 0 spiro atoms. The molecule has 0 radical (unpaired) electrons. The fourth-order valence-electron chi connectivity index (χ4n) is 2.51. The molecule has 2 N–H and O–H groups in total. The Balaban J connectivity index is 2.19. The van der Waals surface area contributed by atoms with Gasteiger partial charge in [0, 0.05) is 6.04 Å². The number of benzene rings is 2. The Morgan fingerprint density at radius 1 is 1.00 bits per heavy atom. The van der Waals surface area contributed by atoms with E-state index in [1.807, 2.05) is 6.92 Å². The zero-order chi connectivity index (χ0) is 22.3. The standard InChI is InChI=1S/C21H26N2O6S/c1-5-28-16-10-12-17(13-11-16)30(26,27)23-19-9-7-6-8-18(19)21(25)29-15(4)20(24)22-14(2)3/h6-15,23H,5H2,1-4H3,(H,22,24). The Kier molecular flexibility index (Phi) is 7.82. The molecule has 9 heteroatoms. The largest absolute Gasteiger partial charge is 0.494 e. The highest BCUT2D eigenvalue weighted by molar-refractivity contribution is 7.92. The van der Waals surface area contributed by atoms with Gasteiger partial charge in [-0.2, -0.15) is 0 Å². The van der Waals surface area contributed by atoms with E-state index >= 15 is 0 Å². The van der Waals surface area contributed by atoms with E-state index < -0.39 is 28.0 Å². The van der Waals surface area contributed by atoms with Crippen LogP contribution in [-0.2, 0) is 19.6 Å². The first-order valence-electron chi connectivity index (χ1n) is 9.50. The highest BCUT2D eigenvalue weighted by Gasteiger charge is 2.23. The fourth-order valence-corrected chi connectivity index (χ4v) is 3.59. The fraction of sp³-hybridized carbons (Fsp3) is 0.333. The number of amides is 1. The van der Waals surface area contributed by atoms with E-state index in [0.29, 0.717) is 12.4 Å². The number of carbonyl (C=O) groups is 2. The van der Waals surface area contributed by atoms with Crippen LogP contribution in [0.2, 0.25) is 0 Å². The van der Waals surface area contributed by atoms with E-state index in [2.05, 4.69) is 10.0 Å². The summed E-state index contributed by atoms with van der Waals surface area (Å²) in [7, 11) is -3.95. The molecule has 0 aliphatic heterocycles. The lowest BCUT2D eigenvalue weighted by Crippen LogP contribution is -2.39. The number of hydrogen-bond acceptors (Lipinski definition) is 6. The molecule has 0 heterocycles. The molecule has 0 saturated carbocycles. The summed E-state index contributed by atoms with van der Waals surface area (Å²) in [4.78, 5) is 24.5. The minimum absolute atomic E-state index is 0.00351. The van der Waals surface area contributed by atoms with Gasteiger partial charge in [-0.15, -0.1) is 0 Å². The molecule has 8 nitrogen and oxygen atoms in total. The predicted molar refractivity (Wildman–Crippen MR) is 113 cm³/mol. The average Bonchev–Trinajstić information content (AvgIpc) is 2.68. The van der Waals surface area contributed by atoms with Crippen LogP contribution in [0.1, 0.15) is 38.1 Å². The Morgan fingerprint density at radius 3 is 2.23 bits per heavy atom. The molecular formula is C21H26N2O6S. The molecule has 2 aromatic carbocycles. The number of carbonyl (C=O) groups excluding carboxylic acids is 2. The zero-order valence-corrected chi connectivity index (χ0v) is 18.2. The Labute approximate surface area is 176 Å². The highest BCUT2D eigenvalue weighted by atomic mass is 32.2. The SMILES string of the molecule is CCOc1ccc(S(=O)(=O)Nc2ccccc2C(=O)OC(C)C(=O)NC(C)C)cc1. The lowest BCUT2D eigenvalue weighted by Gasteiger charge is -2.17. The van der Waals surface area contributed by atoms with Gasteiger partial charge < -0.3 is 14.8 Å². The van der Waals surface area contributed by atoms with Gasteiger partial charge in [0.2, 0.25) is 0 Å². The quantitative estimate of drug-likeness (QED) is 0.587. The highest BCUT2D eigenvalue weighted by Crippen LogP contribution is 2.23. The van der Waals surface area contributed by atoms with Crippen LogP contribution in [0.5, 0.6) is 5.75 Å². The summed E-state index contributed by atoms with van der Waals surface area (Å²) >= 11 is 0. The van der Waals surface area contributed by atoms with Crippen LogP contribution in [0.4, 0.5) is 5.69 Å².